The third-order valence-electron chi connectivity index (χ3n) is 5.00. The molecule has 1 N–H and O–H groups in total. The van der Waals surface area contributed by atoms with Crippen LogP contribution < -0.4 is 5.32 Å². The lowest BCUT2D eigenvalue weighted by molar-refractivity contribution is 0.0160. The molecule has 0 fully saturated rings. The van der Waals surface area contributed by atoms with Crippen molar-refractivity contribution < 1.29 is 13.9 Å². The normalized spacial score (nSPS) is 16.7. The van der Waals surface area contributed by atoms with Crippen molar-refractivity contribution in [2.45, 2.75) is 59.6 Å². The highest BCUT2D eigenvalue weighted by Crippen LogP contribution is 2.37. The molecule has 0 spiro atoms. The van der Waals surface area contributed by atoms with Gasteiger partial charge in [-0.25, -0.2) is 13.9 Å². The molecule has 1 amide bonds. The maximum atomic E-state index is 14.1. The summed E-state index contributed by atoms with van der Waals surface area (Å²) in [6.45, 7) is 11.6. The van der Waals surface area contributed by atoms with E-state index in [1.807, 2.05) is 34.7 Å². The van der Waals surface area contributed by atoms with Gasteiger partial charge in [0, 0.05) is 25.6 Å². The number of rotatable bonds is 2. The largest absolute Gasteiger partial charge is 0.444 e. The molecule has 0 aliphatic carbocycles. The Balaban J connectivity index is 2.03. The molecule has 1 aliphatic heterocycles. The topological polar surface area (TPSA) is 59.4 Å². The van der Waals surface area contributed by atoms with Gasteiger partial charge in [-0.05, 0) is 64.8 Å². The number of anilines is 1. The predicted molar refractivity (Wildman–Crippen MR) is 108 cm³/mol. The maximum absolute atomic E-state index is 14.1. The molecule has 3 rings (SSSR count). The second-order valence-electron chi connectivity index (χ2n) is 8.36. The highest BCUT2D eigenvalue weighted by Gasteiger charge is 2.35. The average Bonchev–Trinajstić information content (AvgIpc) is 2.97. The quantitative estimate of drug-likeness (QED) is 0.821. The number of hydrogen-bond acceptors (Lipinski definition) is 4. The Kier molecular flexibility index (Phi) is 5.12. The van der Waals surface area contributed by atoms with Crippen molar-refractivity contribution in [2.24, 2.45) is 0 Å². The van der Waals surface area contributed by atoms with E-state index in [0.717, 1.165) is 22.8 Å². The van der Waals surface area contributed by atoms with Gasteiger partial charge in [0.1, 0.15) is 17.2 Å². The van der Waals surface area contributed by atoms with Crippen molar-refractivity contribution >= 4 is 11.9 Å². The van der Waals surface area contributed by atoms with Crippen LogP contribution in [0.15, 0.2) is 12.1 Å². The lowest BCUT2D eigenvalue weighted by Gasteiger charge is -2.34. The number of amides is 1. The van der Waals surface area contributed by atoms with Gasteiger partial charge in [-0.15, -0.1) is 0 Å². The first kappa shape index (κ1) is 20.2. The Morgan fingerprint density at radius 1 is 1.29 bits per heavy atom. The number of carbonyl (C=O) groups is 1. The Morgan fingerprint density at radius 3 is 2.43 bits per heavy atom. The van der Waals surface area contributed by atoms with Crippen LogP contribution in [0.1, 0.15) is 56.1 Å². The number of aryl methyl sites for hydroxylation is 2. The summed E-state index contributed by atoms with van der Waals surface area (Å²) in [4.78, 5) is 14.4. The molecule has 0 saturated heterocycles. The third kappa shape index (κ3) is 3.57. The summed E-state index contributed by atoms with van der Waals surface area (Å²) in [6, 6.07) is 3.40. The second-order valence-corrected chi connectivity index (χ2v) is 8.36. The van der Waals surface area contributed by atoms with Gasteiger partial charge in [0.05, 0.1) is 17.4 Å². The number of halogens is 1. The standard InChI is InChI=1S/C21H29FN4O2/c1-12-10-15(11-13(2)18(12)22)26-19(23-7)17-14(3)25(9-8-16(17)24-26)20(27)28-21(4,5)6/h10-11,14,23H,8-9H2,1-7H3/t14-/m0/s1. The van der Waals surface area contributed by atoms with Crippen LogP contribution in [0.25, 0.3) is 5.69 Å². The van der Waals surface area contributed by atoms with Gasteiger partial charge in [-0.2, -0.15) is 5.10 Å². The van der Waals surface area contributed by atoms with Crippen LogP contribution in [0.3, 0.4) is 0 Å². The molecule has 1 aromatic heterocycles. The summed E-state index contributed by atoms with van der Waals surface area (Å²) >= 11 is 0. The van der Waals surface area contributed by atoms with E-state index in [0.29, 0.717) is 24.1 Å². The van der Waals surface area contributed by atoms with Crippen molar-refractivity contribution in [3.05, 3.63) is 40.3 Å². The molecule has 2 heterocycles. The summed E-state index contributed by atoms with van der Waals surface area (Å²) in [5.41, 5.74) is 3.32. The number of hydrogen-bond donors (Lipinski definition) is 1. The molecule has 0 unspecified atom stereocenters. The van der Waals surface area contributed by atoms with Crippen LogP contribution in [-0.2, 0) is 11.2 Å². The molecule has 0 saturated carbocycles. The molecule has 1 atom stereocenters. The van der Waals surface area contributed by atoms with E-state index < -0.39 is 5.60 Å². The average molecular weight is 388 g/mol. The first-order valence-corrected chi connectivity index (χ1v) is 9.59. The summed E-state index contributed by atoms with van der Waals surface area (Å²) in [5, 5.41) is 8.00. The van der Waals surface area contributed by atoms with Crippen molar-refractivity contribution in [2.75, 3.05) is 18.9 Å². The van der Waals surface area contributed by atoms with E-state index in [-0.39, 0.29) is 18.0 Å². The van der Waals surface area contributed by atoms with Gasteiger partial charge in [0.2, 0.25) is 0 Å². The fourth-order valence-corrected chi connectivity index (χ4v) is 3.72. The first-order chi connectivity index (χ1) is 13.0. The van der Waals surface area contributed by atoms with Gasteiger partial charge in [0.25, 0.3) is 0 Å². The van der Waals surface area contributed by atoms with E-state index >= 15 is 0 Å². The number of carbonyl (C=O) groups excluding carboxylic acids is 1. The van der Waals surface area contributed by atoms with E-state index in [1.165, 1.54) is 0 Å². The summed E-state index contributed by atoms with van der Waals surface area (Å²) in [7, 11) is 1.83. The van der Waals surface area contributed by atoms with Gasteiger partial charge in [-0.3, -0.25) is 0 Å². The number of benzene rings is 1. The molecule has 28 heavy (non-hydrogen) atoms. The minimum absolute atomic E-state index is 0.183. The maximum Gasteiger partial charge on any atom is 0.410 e. The molecule has 1 aliphatic rings. The Bertz CT molecular complexity index is 891. The molecular formula is C21H29FN4O2. The smallest absolute Gasteiger partial charge is 0.410 e. The lowest BCUT2D eigenvalue weighted by atomic mass is 10.00. The van der Waals surface area contributed by atoms with Gasteiger partial charge >= 0.3 is 6.09 Å². The zero-order valence-corrected chi connectivity index (χ0v) is 17.7. The molecule has 2 aromatic rings. The number of fused-ring (bicyclic) bond motifs is 1. The molecule has 0 bridgehead atoms. The Labute approximate surface area is 165 Å². The van der Waals surface area contributed by atoms with E-state index in [1.54, 1.807) is 35.6 Å². The molecule has 152 valence electrons. The van der Waals surface area contributed by atoms with Gasteiger partial charge in [0.15, 0.2) is 0 Å². The number of ether oxygens (including phenoxy) is 1. The highest BCUT2D eigenvalue weighted by molar-refractivity contribution is 5.70. The fourth-order valence-electron chi connectivity index (χ4n) is 3.72. The molecule has 7 heteroatoms. The van der Waals surface area contributed by atoms with Crippen molar-refractivity contribution in [1.82, 2.24) is 14.7 Å². The molecule has 6 nitrogen and oxygen atoms in total. The van der Waals surface area contributed by atoms with Crippen molar-refractivity contribution in [3.8, 4) is 5.69 Å². The van der Waals surface area contributed by atoms with Crippen LogP contribution in [0.2, 0.25) is 0 Å². The van der Waals surface area contributed by atoms with Crippen LogP contribution in [0, 0.1) is 19.7 Å². The minimum atomic E-state index is -0.545. The van der Waals surface area contributed by atoms with Crippen LogP contribution in [0.4, 0.5) is 15.0 Å². The van der Waals surface area contributed by atoms with Crippen molar-refractivity contribution in [1.29, 1.82) is 0 Å². The predicted octanol–water partition coefficient (Wildman–Crippen LogP) is 4.52. The number of nitrogens with zero attached hydrogens (tertiary/aromatic N) is 3. The van der Waals surface area contributed by atoms with Crippen LogP contribution in [-0.4, -0.2) is 40.0 Å². The van der Waals surface area contributed by atoms with E-state index in [4.69, 9.17) is 9.84 Å². The zero-order chi connectivity index (χ0) is 20.8. The minimum Gasteiger partial charge on any atom is -0.444 e. The first-order valence-electron chi connectivity index (χ1n) is 9.59. The summed E-state index contributed by atoms with van der Waals surface area (Å²) < 4.78 is 21.4. The highest BCUT2D eigenvalue weighted by atomic mass is 19.1. The monoisotopic (exact) mass is 388 g/mol. The fraction of sp³-hybridized carbons (Fsp3) is 0.524. The summed E-state index contributed by atoms with van der Waals surface area (Å²) in [6.07, 6.45) is 0.314. The van der Waals surface area contributed by atoms with Gasteiger partial charge < -0.3 is 15.0 Å². The number of aromatic nitrogens is 2. The third-order valence-corrected chi connectivity index (χ3v) is 5.00. The summed E-state index contributed by atoms with van der Waals surface area (Å²) in [5.74, 6) is 0.609. The Morgan fingerprint density at radius 2 is 1.89 bits per heavy atom. The van der Waals surface area contributed by atoms with Crippen molar-refractivity contribution in [3.63, 3.8) is 0 Å². The van der Waals surface area contributed by atoms with Crippen LogP contribution in [0.5, 0.6) is 0 Å². The SMILES string of the molecule is CNc1c2c(nn1-c1cc(C)c(F)c(C)c1)CCN(C(=O)OC(C)(C)C)[C@H]2C. The van der Waals surface area contributed by atoms with E-state index in [9.17, 15) is 9.18 Å². The van der Waals surface area contributed by atoms with Crippen LogP contribution >= 0.6 is 0 Å². The molecular weight excluding hydrogens is 359 g/mol. The second kappa shape index (κ2) is 7.11. The lowest BCUT2D eigenvalue weighted by Crippen LogP contribution is -2.42. The Hall–Kier alpha value is -2.57. The van der Waals surface area contributed by atoms with Gasteiger partial charge in [-0.1, -0.05) is 0 Å². The molecule has 0 radical (unpaired) electrons. The zero-order valence-electron chi connectivity index (χ0n) is 17.7. The van der Waals surface area contributed by atoms with E-state index in [2.05, 4.69) is 5.32 Å². The molecule has 1 aromatic carbocycles. The number of nitrogens with one attached hydrogen (secondary N) is 1.